The first-order valence-corrected chi connectivity index (χ1v) is 10.2. The van der Waals surface area contributed by atoms with E-state index in [0.29, 0.717) is 16.8 Å². The van der Waals surface area contributed by atoms with Crippen LogP contribution in [0.25, 0.3) is 10.9 Å². The molecule has 0 bridgehead atoms. The number of hydrogen-bond acceptors (Lipinski definition) is 5. The van der Waals surface area contributed by atoms with Gasteiger partial charge in [0.25, 0.3) is 11.5 Å². The maximum atomic E-state index is 12.5. The number of carbonyl (C=O) groups excluding carboxylic acids is 2. The lowest BCUT2D eigenvalue weighted by molar-refractivity contribution is -0.148. The highest BCUT2D eigenvalue weighted by Crippen LogP contribution is 2.11. The van der Waals surface area contributed by atoms with Crippen LogP contribution in [0.15, 0.2) is 29.3 Å². The van der Waals surface area contributed by atoms with Gasteiger partial charge in [-0.25, -0.2) is 4.98 Å². The Bertz CT molecular complexity index is 905. The Morgan fingerprint density at radius 2 is 1.97 bits per heavy atom. The van der Waals surface area contributed by atoms with Gasteiger partial charge in [0.15, 0.2) is 6.61 Å². The van der Waals surface area contributed by atoms with Crippen LogP contribution < -0.4 is 10.9 Å². The molecule has 0 saturated heterocycles. The third-order valence-electron chi connectivity index (χ3n) is 4.80. The normalized spacial score (nSPS) is 12.2. The highest BCUT2D eigenvalue weighted by molar-refractivity contribution is 5.81. The Labute approximate surface area is 171 Å². The van der Waals surface area contributed by atoms with Crippen molar-refractivity contribution in [2.24, 2.45) is 5.92 Å². The number of hydrogen-bond donors (Lipinski definition) is 1. The molecule has 1 aromatic carbocycles. The van der Waals surface area contributed by atoms with Crippen molar-refractivity contribution in [1.82, 2.24) is 14.9 Å². The van der Waals surface area contributed by atoms with Gasteiger partial charge >= 0.3 is 5.97 Å². The van der Waals surface area contributed by atoms with E-state index in [1.54, 1.807) is 6.07 Å². The molecular formula is C22H31N3O4. The van der Waals surface area contributed by atoms with Gasteiger partial charge in [-0.05, 0) is 37.8 Å². The molecule has 0 aliphatic heterocycles. The summed E-state index contributed by atoms with van der Waals surface area (Å²) in [7, 11) is 0. The number of benzene rings is 1. The lowest BCUT2D eigenvalue weighted by atomic mass is 10.0. The van der Waals surface area contributed by atoms with Crippen molar-refractivity contribution < 1.29 is 14.3 Å². The van der Waals surface area contributed by atoms with Crippen molar-refractivity contribution in [2.75, 3.05) is 6.61 Å². The van der Waals surface area contributed by atoms with Gasteiger partial charge in [-0.15, -0.1) is 0 Å². The Kier molecular flexibility index (Phi) is 8.36. The molecule has 7 nitrogen and oxygen atoms in total. The minimum Gasteiger partial charge on any atom is -0.456 e. The van der Waals surface area contributed by atoms with Crippen LogP contribution in [0.1, 0.15) is 52.0 Å². The van der Waals surface area contributed by atoms with Crippen LogP contribution in [-0.2, 0) is 20.9 Å². The molecule has 7 heteroatoms. The third-order valence-corrected chi connectivity index (χ3v) is 4.80. The van der Waals surface area contributed by atoms with Crippen molar-refractivity contribution in [3.05, 3.63) is 40.4 Å². The maximum absolute atomic E-state index is 12.5. The fraction of sp³-hybridized carbons (Fsp3) is 0.545. The van der Waals surface area contributed by atoms with Crippen molar-refractivity contribution in [3.63, 3.8) is 0 Å². The van der Waals surface area contributed by atoms with Crippen LogP contribution >= 0.6 is 0 Å². The number of aryl methyl sites for hydroxylation is 2. The van der Waals surface area contributed by atoms with Crippen molar-refractivity contribution in [2.45, 2.75) is 66.0 Å². The first-order chi connectivity index (χ1) is 13.8. The second kappa shape index (κ2) is 10.7. The van der Waals surface area contributed by atoms with E-state index in [1.165, 1.54) is 10.9 Å². The van der Waals surface area contributed by atoms with E-state index in [0.717, 1.165) is 24.8 Å². The van der Waals surface area contributed by atoms with Crippen molar-refractivity contribution >= 4 is 22.8 Å². The van der Waals surface area contributed by atoms with E-state index in [-0.39, 0.29) is 37.1 Å². The van der Waals surface area contributed by atoms with Crippen LogP contribution in [0.4, 0.5) is 0 Å². The average Bonchev–Trinajstić information content (AvgIpc) is 2.66. The summed E-state index contributed by atoms with van der Waals surface area (Å²) >= 11 is 0. The fourth-order valence-electron chi connectivity index (χ4n) is 3.15. The molecule has 1 atom stereocenters. The molecule has 2 rings (SSSR count). The number of fused-ring (bicyclic) bond motifs is 1. The Hall–Kier alpha value is -2.70. The summed E-state index contributed by atoms with van der Waals surface area (Å²) in [4.78, 5) is 40.7. The van der Waals surface area contributed by atoms with E-state index < -0.39 is 5.97 Å². The number of carbonyl (C=O) groups is 2. The summed E-state index contributed by atoms with van der Waals surface area (Å²) in [5, 5.41) is 3.36. The summed E-state index contributed by atoms with van der Waals surface area (Å²) in [5.41, 5.74) is 1.39. The first-order valence-electron chi connectivity index (χ1n) is 10.2. The predicted octanol–water partition coefficient (Wildman–Crippen LogP) is 2.97. The topological polar surface area (TPSA) is 90.3 Å². The molecule has 1 unspecified atom stereocenters. The van der Waals surface area contributed by atoms with E-state index in [9.17, 15) is 14.4 Å². The van der Waals surface area contributed by atoms with Crippen LogP contribution in [0.2, 0.25) is 0 Å². The lowest BCUT2D eigenvalue weighted by Crippen LogP contribution is -2.36. The Morgan fingerprint density at radius 1 is 1.21 bits per heavy atom. The van der Waals surface area contributed by atoms with Crippen LogP contribution in [0.5, 0.6) is 0 Å². The summed E-state index contributed by atoms with van der Waals surface area (Å²) in [6.45, 7) is 8.03. The van der Waals surface area contributed by atoms with Gasteiger partial charge in [-0.2, -0.15) is 0 Å². The van der Waals surface area contributed by atoms with Gasteiger partial charge in [-0.1, -0.05) is 38.8 Å². The van der Waals surface area contributed by atoms with E-state index in [4.69, 9.17) is 4.74 Å². The number of nitrogens with one attached hydrogen (secondary N) is 1. The first kappa shape index (κ1) is 22.6. The molecule has 0 fully saturated rings. The standard InChI is InChI=1S/C22H31N3O4/c1-15(2)7-5-9-17(4)24-19(26)13-29-20(27)11-12-25-14-23-21-16(3)8-6-10-18(21)22(25)28/h6,8,10,14-15,17H,5,7,9,11-13H2,1-4H3,(H,24,26). The Morgan fingerprint density at radius 3 is 2.69 bits per heavy atom. The molecule has 158 valence electrons. The molecular weight excluding hydrogens is 370 g/mol. The minimum atomic E-state index is -0.524. The largest absolute Gasteiger partial charge is 0.456 e. The maximum Gasteiger partial charge on any atom is 0.308 e. The molecule has 1 aromatic heterocycles. The summed E-state index contributed by atoms with van der Waals surface area (Å²) in [6.07, 6.45) is 4.51. The number of aromatic nitrogens is 2. The van der Waals surface area contributed by atoms with E-state index >= 15 is 0 Å². The highest BCUT2D eigenvalue weighted by atomic mass is 16.5. The Balaban J connectivity index is 1.77. The van der Waals surface area contributed by atoms with Crippen molar-refractivity contribution in [1.29, 1.82) is 0 Å². The van der Waals surface area contributed by atoms with Gasteiger partial charge in [0.2, 0.25) is 0 Å². The molecule has 1 heterocycles. The van der Waals surface area contributed by atoms with Crippen LogP contribution in [0, 0.1) is 12.8 Å². The smallest absolute Gasteiger partial charge is 0.308 e. The second-order valence-corrected chi connectivity index (χ2v) is 7.92. The van der Waals surface area contributed by atoms with Gasteiger partial charge in [-0.3, -0.25) is 19.0 Å². The van der Waals surface area contributed by atoms with Gasteiger partial charge in [0.05, 0.1) is 23.7 Å². The summed E-state index contributed by atoms with van der Waals surface area (Å²) in [6, 6.07) is 5.47. The molecule has 2 aromatic rings. The van der Waals surface area contributed by atoms with Crippen LogP contribution in [-0.4, -0.2) is 34.1 Å². The number of rotatable bonds is 10. The predicted molar refractivity (Wildman–Crippen MR) is 113 cm³/mol. The second-order valence-electron chi connectivity index (χ2n) is 7.92. The zero-order chi connectivity index (χ0) is 21.4. The lowest BCUT2D eigenvalue weighted by Gasteiger charge is -2.14. The zero-order valence-electron chi connectivity index (χ0n) is 17.7. The minimum absolute atomic E-state index is 0.00384. The fourth-order valence-corrected chi connectivity index (χ4v) is 3.15. The average molecular weight is 402 g/mol. The third kappa shape index (κ3) is 7.00. The molecule has 0 spiro atoms. The van der Waals surface area contributed by atoms with E-state index in [1.807, 2.05) is 26.0 Å². The number of nitrogens with zero attached hydrogens (tertiary/aromatic N) is 2. The van der Waals surface area contributed by atoms with Gasteiger partial charge in [0.1, 0.15) is 0 Å². The van der Waals surface area contributed by atoms with Crippen LogP contribution in [0.3, 0.4) is 0 Å². The molecule has 29 heavy (non-hydrogen) atoms. The molecule has 1 N–H and O–H groups in total. The number of esters is 1. The molecule has 0 aliphatic carbocycles. The monoisotopic (exact) mass is 401 g/mol. The highest BCUT2D eigenvalue weighted by Gasteiger charge is 2.12. The molecule has 0 aliphatic rings. The molecule has 0 radical (unpaired) electrons. The van der Waals surface area contributed by atoms with Crippen molar-refractivity contribution in [3.8, 4) is 0 Å². The SMILES string of the molecule is Cc1cccc2c(=O)n(CCC(=O)OCC(=O)NC(C)CCCC(C)C)cnc12. The van der Waals surface area contributed by atoms with E-state index in [2.05, 4.69) is 24.1 Å². The molecule has 1 amide bonds. The summed E-state index contributed by atoms with van der Waals surface area (Å²) < 4.78 is 6.42. The summed E-state index contributed by atoms with van der Waals surface area (Å²) in [5.74, 6) is -0.188. The zero-order valence-corrected chi connectivity index (χ0v) is 17.7. The van der Waals surface area contributed by atoms with Gasteiger partial charge in [0, 0.05) is 12.6 Å². The quantitative estimate of drug-likeness (QED) is 0.618. The number of para-hydroxylation sites is 1. The number of amides is 1. The van der Waals surface area contributed by atoms with Gasteiger partial charge < -0.3 is 10.1 Å². The molecule has 0 saturated carbocycles. The number of ether oxygens (including phenoxy) is 1.